The van der Waals surface area contributed by atoms with E-state index < -0.39 is 0 Å². The fraction of sp³-hybridized carbons (Fsp3) is 0.500. The molecular formula is C8H12N2O2. The van der Waals surface area contributed by atoms with Crippen molar-refractivity contribution in [2.75, 3.05) is 13.1 Å². The Morgan fingerprint density at radius 2 is 2.25 bits per heavy atom. The van der Waals surface area contributed by atoms with Crippen molar-refractivity contribution in [3.05, 3.63) is 11.6 Å². The third-order valence-corrected chi connectivity index (χ3v) is 1.62. The van der Waals surface area contributed by atoms with Crippen LogP contribution in [0.3, 0.4) is 0 Å². The van der Waals surface area contributed by atoms with Crippen molar-refractivity contribution in [2.24, 2.45) is 0 Å². The molecule has 0 bridgehead atoms. The first-order chi connectivity index (χ1) is 5.61. The van der Waals surface area contributed by atoms with E-state index in [0.29, 0.717) is 6.54 Å². The molecule has 1 N–H and O–H groups in total. The van der Waals surface area contributed by atoms with Gasteiger partial charge in [-0.05, 0) is 13.8 Å². The maximum atomic E-state index is 11.0. The van der Waals surface area contributed by atoms with Gasteiger partial charge in [-0.15, -0.1) is 0 Å². The highest BCUT2D eigenvalue weighted by Crippen LogP contribution is 2.00. The molecule has 0 aliphatic carbocycles. The van der Waals surface area contributed by atoms with Crippen LogP contribution in [0.1, 0.15) is 13.8 Å². The summed E-state index contributed by atoms with van der Waals surface area (Å²) in [6.07, 6.45) is 1.85. The predicted octanol–water partition coefficient (Wildman–Crippen LogP) is 0.504. The molecule has 12 heavy (non-hydrogen) atoms. The molecule has 1 aliphatic heterocycles. The van der Waals surface area contributed by atoms with Crippen molar-refractivity contribution in [3.63, 3.8) is 0 Å². The molecular weight excluding hydrogens is 156 g/mol. The summed E-state index contributed by atoms with van der Waals surface area (Å²) in [6.45, 7) is 4.37. The van der Waals surface area contributed by atoms with Gasteiger partial charge in [0, 0.05) is 6.54 Å². The van der Waals surface area contributed by atoms with Gasteiger partial charge >= 0.3 is 6.03 Å². The number of carbonyl (C=O) groups excluding carboxylic acids is 2. The van der Waals surface area contributed by atoms with Crippen LogP contribution in [0.4, 0.5) is 4.79 Å². The number of nitrogens with one attached hydrogen (secondary N) is 1. The Hall–Kier alpha value is -1.32. The van der Waals surface area contributed by atoms with E-state index in [0.717, 1.165) is 5.57 Å². The Labute approximate surface area is 71.2 Å². The van der Waals surface area contributed by atoms with Gasteiger partial charge in [0.2, 0.25) is 5.91 Å². The van der Waals surface area contributed by atoms with Crippen molar-refractivity contribution >= 4 is 11.9 Å². The molecule has 0 unspecified atom stereocenters. The van der Waals surface area contributed by atoms with E-state index in [4.69, 9.17) is 0 Å². The first-order valence-electron chi connectivity index (χ1n) is 3.83. The second-order valence-corrected chi connectivity index (χ2v) is 2.94. The maximum absolute atomic E-state index is 11.0. The lowest BCUT2D eigenvalue weighted by Crippen LogP contribution is -2.31. The number of urea groups is 1. The van der Waals surface area contributed by atoms with Gasteiger partial charge in [0.25, 0.3) is 0 Å². The van der Waals surface area contributed by atoms with Crippen LogP contribution in [0.25, 0.3) is 0 Å². The molecule has 4 heteroatoms. The first-order valence-corrected chi connectivity index (χ1v) is 3.83. The fourth-order valence-corrected chi connectivity index (χ4v) is 0.914. The Balaban J connectivity index is 2.56. The van der Waals surface area contributed by atoms with Gasteiger partial charge in [-0.2, -0.15) is 0 Å². The van der Waals surface area contributed by atoms with Crippen molar-refractivity contribution in [3.8, 4) is 0 Å². The normalized spacial score (nSPS) is 16.3. The summed E-state index contributed by atoms with van der Waals surface area (Å²) in [5, 5.41) is 2.45. The Morgan fingerprint density at radius 3 is 2.67 bits per heavy atom. The minimum absolute atomic E-state index is 0.134. The minimum atomic E-state index is -0.294. The highest BCUT2D eigenvalue weighted by atomic mass is 16.2. The molecule has 1 heterocycles. The molecule has 0 aromatic heterocycles. The third kappa shape index (κ3) is 1.84. The van der Waals surface area contributed by atoms with Crippen LogP contribution in [0.5, 0.6) is 0 Å². The highest BCUT2D eigenvalue weighted by Gasteiger charge is 2.26. The molecule has 1 aliphatic rings. The molecule has 0 radical (unpaired) electrons. The number of hydrogen-bond acceptors (Lipinski definition) is 2. The molecule has 0 spiro atoms. The Bertz CT molecular complexity index is 225. The fourth-order valence-electron chi connectivity index (χ4n) is 0.914. The number of hydrogen-bond donors (Lipinski definition) is 1. The van der Waals surface area contributed by atoms with E-state index in [1.807, 2.05) is 19.9 Å². The lowest BCUT2D eigenvalue weighted by molar-refractivity contribution is -0.124. The minimum Gasteiger partial charge on any atom is -0.329 e. The zero-order valence-electron chi connectivity index (χ0n) is 7.26. The van der Waals surface area contributed by atoms with Crippen molar-refractivity contribution in [1.29, 1.82) is 0 Å². The van der Waals surface area contributed by atoms with Crippen LogP contribution in [0.15, 0.2) is 11.6 Å². The second kappa shape index (κ2) is 3.38. The van der Waals surface area contributed by atoms with Crippen LogP contribution < -0.4 is 5.32 Å². The number of imide groups is 1. The van der Waals surface area contributed by atoms with Gasteiger partial charge in [0.1, 0.15) is 0 Å². The lowest BCUT2D eigenvalue weighted by atomic mass is 10.3. The van der Waals surface area contributed by atoms with Gasteiger partial charge in [-0.1, -0.05) is 11.6 Å². The molecule has 66 valence electrons. The summed E-state index contributed by atoms with van der Waals surface area (Å²) < 4.78 is 0. The van der Waals surface area contributed by atoms with Gasteiger partial charge < -0.3 is 5.32 Å². The summed E-state index contributed by atoms with van der Waals surface area (Å²) in [7, 11) is 0. The molecule has 0 aromatic rings. The lowest BCUT2D eigenvalue weighted by Gasteiger charge is -2.08. The summed E-state index contributed by atoms with van der Waals surface area (Å²) >= 11 is 0. The van der Waals surface area contributed by atoms with Crippen LogP contribution in [0, 0.1) is 0 Å². The van der Waals surface area contributed by atoms with E-state index in [1.165, 1.54) is 4.90 Å². The maximum Gasteiger partial charge on any atom is 0.324 e. The first kappa shape index (κ1) is 8.77. The molecule has 3 amide bonds. The van der Waals surface area contributed by atoms with E-state index >= 15 is 0 Å². The summed E-state index contributed by atoms with van der Waals surface area (Å²) in [5.74, 6) is -0.155. The largest absolute Gasteiger partial charge is 0.329 e. The predicted molar refractivity (Wildman–Crippen MR) is 44.5 cm³/mol. The molecule has 0 aromatic carbocycles. The standard InChI is InChI=1S/C8H12N2O2/c1-6(2)3-4-10-7(11)5-9-8(10)12/h3H,4-5H2,1-2H3,(H,9,12). The van der Waals surface area contributed by atoms with E-state index in [1.54, 1.807) is 0 Å². The van der Waals surface area contributed by atoms with Crippen molar-refractivity contribution in [1.82, 2.24) is 10.2 Å². The van der Waals surface area contributed by atoms with E-state index in [-0.39, 0.29) is 18.5 Å². The number of carbonyl (C=O) groups is 2. The Morgan fingerprint density at radius 1 is 1.58 bits per heavy atom. The average Bonchev–Trinajstić information content (AvgIpc) is 2.28. The molecule has 4 nitrogen and oxygen atoms in total. The topological polar surface area (TPSA) is 49.4 Å². The van der Waals surface area contributed by atoms with E-state index in [2.05, 4.69) is 5.32 Å². The number of nitrogens with zero attached hydrogens (tertiary/aromatic N) is 1. The van der Waals surface area contributed by atoms with E-state index in [9.17, 15) is 9.59 Å². The summed E-state index contributed by atoms with van der Waals surface area (Å²) in [4.78, 5) is 23.2. The van der Waals surface area contributed by atoms with Crippen LogP contribution in [-0.2, 0) is 4.79 Å². The monoisotopic (exact) mass is 168 g/mol. The number of rotatable bonds is 2. The third-order valence-electron chi connectivity index (χ3n) is 1.62. The van der Waals surface area contributed by atoms with Crippen molar-refractivity contribution in [2.45, 2.75) is 13.8 Å². The second-order valence-electron chi connectivity index (χ2n) is 2.94. The Kier molecular flexibility index (Phi) is 2.47. The highest BCUT2D eigenvalue weighted by molar-refractivity contribution is 6.02. The van der Waals surface area contributed by atoms with Gasteiger partial charge in [-0.3, -0.25) is 9.69 Å². The number of allylic oxidation sites excluding steroid dienone is 1. The molecule has 0 saturated carbocycles. The van der Waals surface area contributed by atoms with Crippen molar-refractivity contribution < 1.29 is 9.59 Å². The van der Waals surface area contributed by atoms with Crippen LogP contribution >= 0.6 is 0 Å². The van der Waals surface area contributed by atoms with Crippen LogP contribution in [-0.4, -0.2) is 29.9 Å². The van der Waals surface area contributed by atoms with Gasteiger partial charge in [0.05, 0.1) is 6.54 Å². The average molecular weight is 168 g/mol. The quantitative estimate of drug-likeness (QED) is 0.482. The number of amides is 3. The van der Waals surface area contributed by atoms with Crippen LogP contribution in [0.2, 0.25) is 0 Å². The SMILES string of the molecule is CC(C)=CCN1C(=O)CNC1=O. The summed E-state index contributed by atoms with van der Waals surface area (Å²) in [5.41, 5.74) is 1.10. The smallest absolute Gasteiger partial charge is 0.324 e. The molecule has 1 rings (SSSR count). The molecule has 1 fully saturated rings. The molecule has 1 saturated heterocycles. The zero-order chi connectivity index (χ0) is 9.14. The van der Waals surface area contributed by atoms with Gasteiger partial charge in [0.15, 0.2) is 0 Å². The zero-order valence-corrected chi connectivity index (χ0v) is 7.26. The molecule has 0 atom stereocenters. The van der Waals surface area contributed by atoms with Gasteiger partial charge in [-0.25, -0.2) is 4.79 Å². The summed E-state index contributed by atoms with van der Waals surface area (Å²) in [6, 6.07) is -0.294.